The molecule has 0 heterocycles. The van der Waals surface area contributed by atoms with Crippen molar-refractivity contribution in [1.82, 2.24) is 0 Å². The fourth-order valence-corrected chi connectivity index (χ4v) is 3.20. The molecular formula is C16H25NO. The van der Waals surface area contributed by atoms with E-state index in [4.69, 9.17) is 5.11 Å². The van der Waals surface area contributed by atoms with E-state index in [1.54, 1.807) is 0 Å². The Bertz CT molecular complexity index is 383. The van der Waals surface area contributed by atoms with Crippen LogP contribution < -0.4 is 5.32 Å². The molecule has 1 aromatic carbocycles. The maximum atomic E-state index is 8.90. The zero-order valence-electron chi connectivity index (χ0n) is 11.7. The first-order valence-corrected chi connectivity index (χ1v) is 6.96. The maximum absolute atomic E-state index is 8.90. The highest BCUT2D eigenvalue weighted by molar-refractivity contribution is 5.46. The maximum Gasteiger partial charge on any atom is 0.0471 e. The van der Waals surface area contributed by atoms with Gasteiger partial charge in [-0.1, -0.05) is 32.9 Å². The summed E-state index contributed by atoms with van der Waals surface area (Å²) >= 11 is 0. The van der Waals surface area contributed by atoms with Crippen LogP contribution in [0.25, 0.3) is 0 Å². The fraction of sp³-hybridized carbons (Fsp3) is 0.625. The number of aliphatic hydroxyl groups is 1. The Balaban J connectivity index is 1.97. The highest BCUT2D eigenvalue weighted by Gasteiger charge is 2.36. The lowest BCUT2D eigenvalue weighted by Gasteiger charge is -2.20. The molecule has 0 spiro atoms. The molecule has 1 aliphatic rings. The minimum absolute atomic E-state index is 0.223. The highest BCUT2D eigenvalue weighted by Crippen LogP contribution is 2.42. The van der Waals surface area contributed by atoms with Gasteiger partial charge in [0.1, 0.15) is 0 Å². The van der Waals surface area contributed by atoms with E-state index < -0.39 is 0 Å². The van der Waals surface area contributed by atoms with Gasteiger partial charge in [0.25, 0.3) is 0 Å². The third-order valence-corrected chi connectivity index (χ3v) is 4.04. The molecular weight excluding hydrogens is 222 g/mol. The first-order chi connectivity index (χ1) is 8.50. The molecule has 2 unspecified atom stereocenters. The molecule has 2 rings (SSSR count). The molecule has 0 aliphatic heterocycles. The SMILES string of the molecule is CC1CC(C)(C)CC1Nc1ccc(CCO)cc1. The van der Waals surface area contributed by atoms with Gasteiger partial charge in [-0.3, -0.25) is 0 Å². The lowest BCUT2D eigenvalue weighted by Crippen LogP contribution is -2.22. The number of benzene rings is 1. The summed E-state index contributed by atoms with van der Waals surface area (Å²) in [5, 5.41) is 12.5. The molecule has 2 N–H and O–H groups in total. The minimum atomic E-state index is 0.223. The molecule has 1 aromatic rings. The summed E-state index contributed by atoms with van der Waals surface area (Å²) in [6, 6.07) is 9.04. The van der Waals surface area contributed by atoms with Gasteiger partial charge in [0, 0.05) is 18.3 Å². The van der Waals surface area contributed by atoms with Gasteiger partial charge in [-0.25, -0.2) is 0 Å². The van der Waals surface area contributed by atoms with Crippen molar-refractivity contribution in [3.63, 3.8) is 0 Å². The quantitative estimate of drug-likeness (QED) is 0.854. The predicted octanol–water partition coefficient (Wildman–Crippen LogP) is 3.46. The molecule has 0 bridgehead atoms. The molecule has 1 fully saturated rings. The topological polar surface area (TPSA) is 32.3 Å². The van der Waals surface area contributed by atoms with E-state index in [9.17, 15) is 0 Å². The first-order valence-electron chi connectivity index (χ1n) is 6.96. The average Bonchev–Trinajstić information content (AvgIpc) is 2.55. The van der Waals surface area contributed by atoms with Crippen LogP contribution in [-0.4, -0.2) is 17.8 Å². The summed E-state index contributed by atoms with van der Waals surface area (Å²) in [7, 11) is 0. The smallest absolute Gasteiger partial charge is 0.0471 e. The van der Waals surface area contributed by atoms with Gasteiger partial charge < -0.3 is 10.4 Å². The number of hydrogen-bond acceptors (Lipinski definition) is 2. The number of rotatable bonds is 4. The van der Waals surface area contributed by atoms with Crippen LogP contribution in [0.1, 0.15) is 39.2 Å². The Kier molecular flexibility index (Phi) is 3.96. The summed E-state index contributed by atoms with van der Waals surface area (Å²) in [6.07, 6.45) is 3.28. The third kappa shape index (κ3) is 3.26. The van der Waals surface area contributed by atoms with Crippen molar-refractivity contribution in [1.29, 1.82) is 0 Å². The van der Waals surface area contributed by atoms with Crippen molar-refractivity contribution in [2.24, 2.45) is 11.3 Å². The third-order valence-electron chi connectivity index (χ3n) is 4.04. The Morgan fingerprint density at radius 3 is 2.39 bits per heavy atom. The second-order valence-corrected chi connectivity index (χ2v) is 6.47. The van der Waals surface area contributed by atoms with Crippen LogP contribution in [-0.2, 0) is 6.42 Å². The number of nitrogens with one attached hydrogen (secondary N) is 1. The normalized spacial score (nSPS) is 26.2. The number of hydrogen-bond donors (Lipinski definition) is 2. The number of aliphatic hydroxyl groups excluding tert-OH is 1. The van der Waals surface area contributed by atoms with Gasteiger partial charge in [-0.15, -0.1) is 0 Å². The zero-order valence-corrected chi connectivity index (χ0v) is 11.7. The van der Waals surface area contributed by atoms with Crippen LogP contribution in [0, 0.1) is 11.3 Å². The van der Waals surface area contributed by atoms with E-state index in [1.807, 2.05) is 0 Å². The van der Waals surface area contributed by atoms with Crippen molar-refractivity contribution in [3.8, 4) is 0 Å². The molecule has 2 atom stereocenters. The minimum Gasteiger partial charge on any atom is -0.396 e. The lowest BCUT2D eigenvalue weighted by atomic mass is 9.91. The van der Waals surface area contributed by atoms with Crippen LogP contribution in [0.3, 0.4) is 0 Å². The molecule has 18 heavy (non-hydrogen) atoms. The Hall–Kier alpha value is -1.02. The van der Waals surface area contributed by atoms with E-state index in [-0.39, 0.29) is 6.61 Å². The van der Waals surface area contributed by atoms with E-state index in [1.165, 1.54) is 24.1 Å². The van der Waals surface area contributed by atoms with Crippen molar-refractivity contribution < 1.29 is 5.11 Å². The van der Waals surface area contributed by atoms with Crippen molar-refractivity contribution in [2.45, 2.75) is 46.1 Å². The Labute approximate surface area is 110 Å². The molecule has 0 radical (unpaired) electrons. The molecule has 100 valence electrons. The number of anilines is 1. The molecule has 0 amide bonds. The van der Waals surface area contributed by atoms with Crippen molar-refractivity contribution in [2.75, 3.05) is 11.9 Å². The second-order valence-electron chi connectivity index (χ2n) is 6.47. The van der Waals surface area contributed by atoms with Crippen molar-refractivity contribution in [3.05, 3.63) is 29.8 Å². The van der Waals surface area contributed by atoms with Crippen LogP contribution in [0.2, 0.25) is 0 Å². The summed E-state index contributed by atoms with van der Waals surface area (Å²) < 4.78 is 0. The second kappa shape index (κ2) is 5.31. The molecule has 1 aliphatic carbocycles. The standard InChI is InChI=1S/C16H25NO/c1-12-10-16(2,3)11-15(12)17-14-6-4-13(5-7-14)8-9-18/h4-7,12,15,17-18H,8-11H2,1-3H3. The van der Waals surface area contributed by atoms with Crippen LogP contribution in [0.4, 0.5) is 5.69 Å². The predicted molar refractivity (Wildman–Crippen MR) is 76.8 cm³/mol. The molecule has 2 nitrogen and oxygen atoms in total. The fourth-order valence-electron chi connectivity index (χ4n) is 3.20. The van der Waals surface area contributed by atoms with Gasteiger partial charge in [-0.05, 0) is 48.3 Å². The summed E-state index contributed by atoms with van der Waals surface area (Å²) in [4.78, 5) is 0. The highest BCUT2D eigenvalue weighted by atomic mass is 16.2. The molecule has 1 saturated carbocycles. The monoisotopic (exact) mass is 247 g/mol. The van der Waals surface area contributed by atoms with E-state index >= 15 is 0 Å². The van der Waals surface area contributed by atoms with Crippen LogP contribution >= 0.6 is 0 Å². The van der Waals surface area contributed by atoms with Gasteiger partial charge in [-0.2, -0.15) is 0 Å². The first kappa shape index (κ1) is 13.4. The lowest BCUT2D eigenvalue weighted by molar-refractivity contribution is 0.299. The van der Waals surface area contributed by atoms with Gasteiger partial charge in [0.15, 0.2) is 0 Å². The van der Waals surface area contributed by atoms with Gasteiger partial charge in [0.2, 0.25) is 0 Å². The average molecular weight is 247 g/mol. The van der Waals surface area contributed by atoms with Gasteiger partial charge in [0.05, 0.1) is 0 Å². The summed E-state index contributed by atoms with van der Waals surface area (Å²) in [5.41, 5.74) is 2.86. The Morgan fingerprint density at radius 1 is 1.22 bits per heavy atom. The zero-order chi connectivity index (χ0) is 13.2. The van der Waals surface area contributed by atoms with Crippen LogP contribution in [0.5, 0.6) is 0 Å². The van der Waals surface area contributed by atoms with E-state index in [2.05, 4.69) is 50.4 Å². The van der Waals surface area contributed by atoms with E-state index in [0.29, 0.717) is 11.5 Å². The summed E-state index contributed by atoms with van der Waals surface area (Å²) in [6.45, 7) is 7.28. The largest absolute Gasteiger partial charge is 0.396 e. The molecule has 2 heteroatoms. The van der Waals surface area contributed by atoms with Gasteiger partial charge >= 0.3 is 0 Å². The molecule has 0 saturated heterocycles. The molecule has 0 aromatic heterocycles. The summed E-state index contributed by atoms with van der Waals surface area (Å²) in [5.74, 6) is 0.733. The van der Waals surface area contributed by atoms with Crippen molar-refractivity contribution >= 4 is 5.69 Å². The Morgan fingerprint density at radius 2 is 1.89 bits per heavy atom. The van der Waals surface area contributed by atoms with Crippen LogP contribution in [0.15, 0.2) is 24.3 Å². The van der Waals surface area contributed by atoms with E-state index in [0.717, 1.165) is 12.3 Å².